The van der Waals surface area contributed by atoms with Gasteiger partial charge in [0.25, 0.3) is 5.91 Å². The maximum absolute atomic E-state index is 13.6. The molecule has 174 valence electrons. The van der Waals surface area contributed by atoms with Gasteiger partial charge in [-0.1, -0.05) is 12.1 Å². The molecule has 1 N–H and O–H groups in total. The summed E-state index contributed by atoms with van der Waals surface area (Å²) in [5, 5.41) is 19.0. The van der Waals surface area contributed by atoms with Crippen LogP contribution in [0.15, 0.2) is 48.9 Å². The number of aromatic nitrogens is 4. The molecule has 0 radical (unpaired) electrons. The molecule has 9 heteroatoms. The SMILES string of the molecule is COc1ccnc(O[C@@H]2CC[C@@H](C)N(C(=O)c3ccccc3-n3nccn3)C2)c1C(C)(C)O. The van der Waals surface area contributed by atoms with E-state index in [0.717, 1.165) is 12.8 Å². The van der Waals surface area contributed by atoms with Crippen molar-refractivity contribution in [3.05, 3.63) is 60.0 Å². The number of pyridine rings is 1. The number of amides is 1. The third-order valence-electron chi connectivity index (χ3n) is 5.86. The number of para-hydroxylation sites is 1. The molecule has 33 heavy (non-hydrogen) atoms. The summed E-state index contributed by atoms with van der Waals surface area (Å²) < 4.78 is 11.7. The molecule has 9 nitrogen and oxygen atoms in total. The lowest BCUT2D eigenvalue weighted by atomic mass is 9.97. The smallest absolute Gasteiger partial charge is 0.256 e. The lowest BCUT2D eigenvalue weighted by Crippen LogP contribution is -2.49. The van der Waals surface area contributed by atoms with Crippen molar-refractivity contribution in [1.82, 2.24) is 24.9 Å². The van der Waals surface area contributed by atoms with Crippen molar-refractivity contribution >= 4 is 5.91 Å². The van der Waals surface area contributed by atoms with Crippen molar-refractivity contribution in [3.8, 4) is 17.3 Å². The van der Waals surface area contributed by atoms with Crippen LogP contribution in [0.5, 0.6) is 11.6 Å². The largest absolute Gasteiger partial charge is 0.496 e. The van der Waals surface area contributed by atoms with Crippen LogP contribution in [0.25, 0.3) is 5.69 Å². The lowest BCUT2D eigenvalue weighted by molar-refractivity contribution is 0.0319. The summed E-state index contributed by atoms with van der Waals surface area (Å²) in [5.41, 5.74) is 0.431. The van der Waals surface area contributed by atoms with Crippen molar-refractivity contribution in [2.24, 2.45) is 0 Å². The predicted molar refractivity (Wildman–Crippen MR) is 122 cm³/mol. The number of piperidine rings is 1. The van der Waals surface area contributed by atoms with Gasteiger partial charge in [-0.15, -0.1) is 0 Å². The van der Waals surface area contributed by atoms with E-state index in [1.807, 2.05) is 30.0 Å². The molecule has 0 bridgehead atoms. The number of hydrogen-bond acceptors (Lipinski definition) is 7. The number of carbonyl (C=O) groups is 1. The summed E-state index contributed by atoms with van der Waals surface area (Å²) in [7, 11) is 1.54. The third-order valence-corrected chi connectivity index (χ3v) is 5.86. The van der Waals surface area contributed by atoms with Crippen LogP contribution in [-0.2, 0) is 5.60 Å². The molecule has 3 aromatic rings. The average molecular weight is 452 g/mol. The number of hydrogen-bond donors (Lipinski definition) is 1. The van der Waals surface area contributed by atoms with Gasteiger partial charge in [-0.25, -0.2) is 4.98 Å². The first-order valence-corrected chi connectivity index (χ1v) is 11.0. The van der Waals surface area contributed by atoms with Crippen LogP contribution in [0, 0.1) is 0 Å². The molecule has 4 rings (SSSR count). The highest BCUT2D eigenvalue weighted by Gasteiger charge is 2.34. The van der Waals surface area contributed by atoms with Crippen molar-refractivity contribution in [2.75, 3.05) is 13.7 Å². The summed E-state index contributed by atoms with van der Waals surface area (Å²) in [5.74, 6) is 0.713. The number of likely N-dealkylation sites (tertiary alicyclic amines) is 1. The molecule has 0 unspecified atom stereocenters. The fraction of sp³-hybridized carbons (Fsp3) is 0.417. The van der Waals surface area contributed by atoms with E-state index >= 15 is 0 Å². The van der Waals surface area contributed by atoms with Gasteiger partial charge in [0.15, 0.2) is 0 Å². The summed E-state index contributed by atoms with van der Waals surface area (Å²) in [6.07, 6.45) is 6.01. The van der Waals surface area contributed by atoms with Gasteiger partial charge in [0.2, 0.25) is 5.88 Å². The molecular formula is C24H29N5O4. The minimum absolute atomic E-state index is 0.0445. The minimum atomic E-state index is -1.21. The molecule has 1 fully saturated rings. The van der Waals surface area contributed by atoms with Crippen LogP contribution >= 0.6 is 0 Å². The van der Waals surface area contributed by atoms with Crippen LogP contribution in [0.4, 0.5) is 0 Å². The Morgan fingerprint density at radius 2 is 1.85 bits per heavy atom. The number of nitrogens with zero attached hydrogens (tertiary/aromatic N) is 5. The van der Waals surface area contributed by atoms with Gasteiger partial charge < -0.3 is 19.5 Å². The zero-order chi connectivity index (χ0) is 23.6. The molecule has 3 heterocycles. The highest BCUT2D eigenvalue weighted by molar-refractivity contribution is 5.98. The van der Waals surface area contributed by atoms with E-state index in [2.05, 4.69) is 15.2 Å². The topological polar surface area (TPSA) is 103 Å². The Morgan fingerprint density at radius 3 is 2.55 bits per heavy atom. The first-order chi connectivity index (χ1) is 15.8. The maximum atomic E-state index is 13.6. The maximum Gasteiger partial charge on any atom is 0.256 e. The second-order valence-electron chi connectivity index (χ2n) is 8.71. The van der Waals surface area contributed by atoms with Crippen molar-refractivity contribution < 1.29 is 19.4 Å². The highest BCUT2D eigenvalue weighted by atomic mass is 16.5. The van der Waals surface area contributed by atoms with E-state index in [0.29, 0.717) is 35.0 Å². The Bertz CT molecular complexity index is 1110. The molecule has 2 aromatic heterocycles. The molecule has 1 aliphatic heterocycles. The van der Waals surface area contributed by atoms with Gasteiger partial charge in [0.05, 0.1) is 48.5 Å². The molecule has 1 amide bonds. The van der Waals surface area contributed by atoms with Crippen LogP contribution < -0.4 is 9.47 Å². The second-order valence-corrected chi connectivity index (χ2v) is 8.71. The van der Waals surface area contributed by atoms with Crippen molar-refractivity contribution in [3.63, 3.8) is 0 Å². The molecular weight excluding hydrogens is 422 g/mol. The molecule has 0 spiro atoms. The van der Waals surface area contributed by atoms with Crippen LogP contribution in [0.3, 0.4) is 0 Å². The Balaban J connectivity index is 1.59. The van der Waals surface area contributed by atoms with Crippen molar-refractivity contribution in [2.45, 2.75) is 51.4 Å². The first-order valence-electron chi connectivity index (χ1n) is 11.0. The fourth-order valence-corrected chi connectivity index (χ4v) is 4.18. The molecule has 0 saturated carbocycles. The average Bonchev–Trinajstić information content (AvgIpc) is 3.34. The number of ether oxygens (including phenoxy) is 2. The van der Waals surface area contributed by atoms with E-state index in [1.165, 1.54) is 4.80 Å². The molecule has 0 aliphatic carbocycles. The Morgan fingerprint density at radius 1 is 1.12 bits per heavy atom. The van der Waals surface area contributed by atoms with Gasteiger partial charge in [0.1, 0.15) is 11.9 Å². The number of methoxy groups -OCH3 is 1. The molecule has 2 atom stereocenters. The van der Waals surface area contributed by atoms with Gasteiger partial charge in [-0.3, -0.25) is 4.79 Å². The Labute approximate surface area is 193 Å². The second kappa shape index (κ2) is 9.19. The zero-order valence-electron chi connectivity index (χ0n) is 19.3. The van der Waals surface area contributed by atoms with Crippen LogP contribution in [-0.4, -0.2) is 61.7 Å². The van der Waals surface area contributed by atoms with Gasteiger partial charge in [-0.2, -0.15) is 15.0 Å². The summed E-state index contributed by atoms with van der Waals surface area (Å²) in [6.45, 7) is 5.76. The fourth-order valence-electron chi connectivity index (χ4n) is 4.18. The van der Waals surface area contributed by atoms with Gasteiger partial charge in [-0.05, 0) is 51.8 Å². The lowest BCUT2D eigenvalue weighted by Gasteiger charge is -2.38. The van der Waals surface area contributed by atoms with E-state index < -0.39 is 5.60 Å². The summed E-state index contributed by atoms with van der Waals surface area (Å²) in [6, 6.07) is 9.04. The molecule has 1 aliphatic rings. The monoisotopic (exact) mass is 451 g/mol. The Kier molecular flexibility index (Phi) is 6.33. The van der Waals surface area contributed by atoms with Gasteiger partial charge >= 0.3 is 0 Å². The van der Waals surface area contributed by atoms with Gasteiger partial charge in [0, 0.05) is 12.2 Å². The standard InChI is InChI=1S/C24H29N5O4/c1-16-9-10-17(33-22-21(24(2,3)31)20(32-4)11-12-25-22)15-28(16)23(30)18-7-5-6-8-19(18)29-26-13-14-27-29/h5-8,11-14,16-17,31H,9-10,15H2,1-4H3/t16-,17-/m1/s1. The van der Waals surface area contributed by atoms with Crippen molar-refractivity contribution in [1.29, 1.82) is 0 Å². The normalized spacial score (nSPS) is 18.8. The summed E-state index contributed by atoms with van der Waals surface area (Å²) >= 11 is 0. The first kappa shape index (κ1) is 22.7. The number of rotatable bonds is 6. The number of benzene rings is 1. The van der Waals surface area contributed by atoms with E-state index in [-0.39, 0.29) is 18.1 Å². The minimum Gasteiger partial charge on any atom is -0.496 e. The number of carbonyl (C=O) groups excluding carboxylic acids is 1. The van der Waals surface area contributed by atoms with Crippen LogP contribution in [0.1, 0.15) is 49.5 Å². The zero-order valence-corrected chi connectivity index (χ0v) is 19.3. The third kappa shape index (κ3) is 4.68. The summed E-state index contributed by atoms with van der Waals surface area (Å²) in [4.78, 5) is 21.2. The van der Waals surface area contributed by atoms with E-state index in [1.54, 1.807) is 51.7 Å². The Hall–Kier alpha value is -3.46. The molecule has 1 saturated heterocycles. The quantitative estimate of drug-likeness (QED) is 0.615. The van der Waals surface area contributed by atoms with E-state index in [9.17, 15) is 9.90 Å². The van der Waals surface area contributed by atoms with E-state index in [4.69, 9.17) is 9.47 Å². The highest BCUT2D eigenvalue weighted by Crippen LogP contribution is 2.37. The predicted octanol–water partition coefficient (Wildman–Crippen LogP) is 2.97. The molecule has 1 aromatic carbocycles. The van der Waals surface area contributed by atoms with Crippen LogP contribution in [0.2, 0.25) is 0 Å². The number of aliphatic hydroxyl groups is 1.